The number of aromatic nitrogens is 2. The van der Waals surface area contributed by atoms with Crippen LogP contribution >= 0.6 is 0 Å². The molecule has 1 aromatic carbocycles. The van der Waals surface area contributed by atoms with E-state index in [9.17, 15) is 0 Å². The molecule has 1 aromatic heterocycles. The van der Waals surface area contributed by atoms with Crippen LogP contribution in [0.1, 0.15) is 34.1 Å². The summed E-state index contributed by atoms with van der Waals surface area (Å²) in [6, 6.07) is 4.52. The van der Waals surface area contributed by atoms with Gasteiger partial charge < -0.3 is 10.3 Å². The molecule has 1 atom stereocenters. The predicted octanol–water partition coefficient (Wildman–Crippen LogP) is 2.32. The molecule has 0 aliphatic carbocycles. The van der Waals surface area contributed by atoms with Gasteiger partial charge in [0.15, 0.2) is 0 Å². The number of aryl methyl sites for hydroxylation is 3. The van der Waals surface area contributed by atoms with Gasteiger partial charge in [0.05, 0.1) is 6.54 Å². The quantitative estimate of drug-likeness (QED) is 0.941. The molecule has 2 heterocycles. The Labute approximate surface area is 126 Å². The highest BCUT2D eigenvalue weighted by atomic mass is 15.2. The van der Waals surface area contributed by atoms with Crippen molar-refractivity contribution in [2.24, 2.45) is 5.73 Å². The standard InChI is InChI=1S/C17H24N4/c1-12-8-13(2)17(14(3)9-12)15(18)10-20-6-7-21-5-4-19-16(21)11-20/h4-5,8-9,15H,6-7,10-11,18H2,1-3H3. The van der Waals surface area contributed by atoms with E-state index in [0.29, 0.717) is 0 Å². The molecule has 2 N–H and O–H groups in total. The van der Waals surface area contributed by atoms with E-state index in [1.54, 1.807) is 0 Å². The van der Waals surface area contributed by atoms with Gasteiger partial charge in [-0.1, -0.05) is 17.7 Å². The van der Waals surface area contributed by atoms with E-state index < -0.39 is 0 Å². The maximum absolute atomic E-state index is 6.50. The van der Waals surface area contributed by atoms with Crippen molar-refractivity contribution in [2.75, 3.05) is 13.1 Å². The van der Waals surface area contributed by atoms with Crippen LogP contribution in [0.4, 0.5) is 0 Å². The first-order valence-electron chi connectivity index (χ1n) is 7.60. The Morgan fingerprint density at radius 2 is 1.90 bits per heavy atom. The summed E-state index contributed by atoms with van der Waals surface area (Å²) in [6.07, 6.45) is 3.94. The Morgan fingerprint density at radius 3 is 2.62 bits per heavy atom. The van der Waals surface area contributed by atoms with Gasteiger partial charge in [0.25, 0.3) is 0 Å². The van der Waals surface area contributed by atoms with E-state index in [0.717, 1.165) is 32.0 Å². The van der Waals surface area contributed by atoms with Gasteiger partial charge in [-0.2, -0.15) is 0 Å². The Hall–Kier alpha value is -1.65. The SMILES string of the molecule is Cc1cc(C)c(C(N)CN2CCn3ccnc3C2)c(C)c1. The third-order valence-electron chi connectivity index (χ3n) is 4.39. The van der Waals surface area contributed by atoms with Crippen molar-refractivity contribution in [3.8, 4) is 0 Å². The Balaban J connectivity index is 1.74. The van der Waals surface area contributed by atoms with Crippen LogP contribution in [0.5, 0.6) is 0 Å². The fourth-order valence-corrected chi connectivity index (χ4v) is 3.52. The first kappa shape index (κ1) is 14.3. The molecule has 0 radical (unpaired) electrons. The average molecular weight is 284 g/mol. The van der Waals surface area contributed by atoms with E-state index in [1.807, 2.05) is 6.20 Å². The zero-order valence-corrected chi connectivity index (χ0v) is 13.1. The van der Waals surface area contributed by atoms with Crippen LogP contribution in [0.3, 0.4) is 0 Å². The molecule has 3 rings (SSSR count). The van der Waals surface area contributed by atoms with Crippen LogP contribution in [-0.4, -0.2) is 27.5 Å². The van der Waals surface area contributed by atoms with Crippen molar-refractivity contribution in [3.05, 3.63) is 52.6 Å². The predicted molar refractivity (Wildman–Crippen MR) is 85.1 cm³/mol. The van der Waals surface area contributed by atoms with Crippen LogP contribution in [0.15, 0.2) is 24.5 Å². The minimum atomic E-state index is 0.0621. The maximum atomic E-state index is 6.50. The van der Waals surface area contributed by atoms with E-state index in [-0.39, 0.29) is 6.04 Å². The second kappa shape index (κ2) is 5.62. The fourth-order valence-electron chi connectivity index (χ4n) is 3.52. The summed E-state index contributed by atoms with van der Waals surface area (Å²) >= 11 is 0. The van der Waals surface area contributed by atoms with Gasteiger partial charge in [-0.15, -0.1) is 0 Å². The van der Waals surface area contributed by atoms with Crippen molar-refractivity contribution in [3.63, 3.8) is 0 Å². The number of rotatable bonds is 3. The highest BCUT2D eigenvalue weighted by Gasteiger charge is 2.21. The molecule has 1 aliphatic rings. The first-order chi connectivity index (χ1) is 10.0. The molecule has 0 amide bonds. The van der Waals surface area contributed by atoms with E-state index in [1.165, 1.54) is 22.3 Å². The summed E-state index contributed by atoms with van der Waals surface area (Å²) in [5, 5.41) is 0. The normalized spacial score (nSPS) is 16.8. The lowest BCUT2D eigenvalue weighted by molar-refractivity contribution is 0.205. The molecule has 1 unspecified atom stereocenters. The van der Waals surface area contributed by atoms with Crippen molar-refractivity contribution in [2.45, 2.75) is 39.9 Å². The average Bonchev–Trinajstić information content (AvgIpc) is 2.84. The molecule has 1 aliphatic heterocycles. The number of nitrogens with zero attached hydrogens (tertiary/aromatic N) is 3. The summed E-state index contributed by atoms with van der Waals surface area (Å²) in [4.78, 5) is 6.82. The third kappa shape index (κ3) is 2.87. The molecule has 2 aromatic rings. The number of benzene rings is 1. The maximum Gasteiger partial charge on any atom is 0.122 e. The molecular formula is C17H24N4. The molecule has 0 spiro atoms. The van der Waals surface area contributed by atoms with Gasteiger partial charge in [-0.3, -0.25) is 4.90 Å². The lowest BCUT2D eigenvalue weighted by Crippen LogP contribution is -2.38. The van der Waals surface area contributed by atoms with Gasteiger partial charge in [-0.05, 0) is 37.5 Å². The van der Waals surface area contributed by atoms with Crippen molar-refractivity contribution < 1.29 is 0 Å². The van der Waals surface area contributed by atoms with E-state index in [4.69, 9.17) is 5.73 Å². The van der Waals surface area contributed by atoms with Gasteiger partial charge in [0.2, 0.25) is 0 Å². The molecule has 0 fully saturated rings. The van der Waals surface area contributed by atoms with E-state index in [2.05, 4.69) is 53.6 Å². The Kier molecular flexibility index (Phi) is 3.83. The smallest absolute Gasteiger partial charge is 0.122 e. The Bertz CT molecular complexity index is 621. The molecule has 0 saturated carbocycles. The van der Waals surface area contributed by atoms with Crippen LogP contribution < -0.4 is 5.73 Å². The summed E-state index contributed by atoms with van der Waals surface area (Å²) < 4.78 is 2.23. The zero-order chi connectivity index (χ0) is 15.0. The zero-order valence-electron chi connectivity index (χ0n) is 13.1. The number of nitrogens with two attached hydrogens (primary N) is 1. The van der Waals surface area contributed by atoms with Crippen LogP contribution in [0.2, 0.25) is 0 Å². The van der Waals surface area contributed by atoms with Crippen molar-refractivity contribution in [1.82, 2.24) is 14.5 Å². The largest absolute Gasteiger partial charge is 0.333 e. The monoisotopic (exact) mass is 284 g/mol. The highest BCUT2D eigenvalue weighted by molar-refractivity contribution is 5.39. The van der Waals surface area contributed by atoms with Gasteiger partial charge in [0.1, 0.15) is 5.82 Å². The minimum Gasteiger partial charge on any atom is -0.333 e. The number of fused-ring (bicyclic) bond motifs is 1. The van der Waals surface area contributed by atoms with Crippen LogP contribution in [0.25, 0.3) is 0 Å². The topological polar surface area (TPSA) is 47.1 Å². The van der Waals surface area contributed by atoms with Crippen LogP contribution in [-0.2, 0) is 13.1 Å². The molecule has 0 bridgehead atoms. The number of hydrogen-bond acceptors (Lipinski definition) is 3. The van der Waals surface area contributed by atoms with Crippen LogP contribution in [0, 0.1) is 20.8 Å². The number of hydrogen-bond donors (Lipinski definition) is 1. The summed E-state index contributed by atoms with van der Waals surface area (Å²) in [5.41, 5.74) is 11.7. The minimum absolute atomic E-state index is 0.0621. The number of imidazole rings is 1. The lowest BCUT2D eigenvalue weighted by Gasteiger charge is -2.30. The molecule has 0 saturated heterocycles. The molecule has 4 heteroatoms. The second-order valence-electron chi connectivity index (χ2n) is 6.19. The molecule has 21 heavy (non-hydrogen) atoms. The lowest BCUT2D eigenvalue weighted by atomic mass is 9.94. The van der Waals surface area contributed by atoms with Crippen molar-refractivity contribution >= 4 is 0 Å². The molecule has 4 nitrogen and oxygen atoms in total. The molecule has 112 valence electrons. The third-order valence-corrected chi connectivity index (χ3v) is 4.39. The molecular weight excluding hydrogens is 260 g/mol. The Morgan fingerprint density at radius 1 is 1.19 bits per heavy atom. The van der Waals surface area contributed by atoms with Crippen molar-refractivity contribution in [1.29, 1.82) is 0 Å². The van der Waals surface area contributed by atoms with Gasteiger partial charge in [-0.25, -0.2) is 4.98 Å². The second-order valence-corrected chi connectivity index (χ2v) is 6.19. The van der Waals surface area contributed by atoms with Gasteiger partial charge >= 0.3 is 0 Å². The summed E-state index contributed by atoms with van der Waals surface area (Å²) in [7, 11) is 0. The van der Waals surface area contributed by atoms with E-state index >= 15 is 0 Å². The highest BCUT2D eigenvalue weighted by Crippen LogP contribution is 2.24. The fraction of sp³-hybridized carbons (Fsp3) is 0.471. The first-order valence-corrected chi connectivity index (χ1v) is 7.60. The summed E-state index contributed by atoms with van der Waals surface area (Å²) in [5.74, 6) is 1.14. The van der Waals surface area contributed by atoms with Gasteiger partial charge in [0, 0.05) is 38.1 Å². The summed E-state index contributed by atoms with van der Waals surface area (Å²) in [6.45, 7) is 10.3.